The number of benzene rings is 1. The number of rotatable bonds is 2. The molecular formula is C15H19ClN2O2. The molecule has 2 amide bonds. The third-order valence-corrected chi connectivity index (χ3v) is 3.43. The second-order valence-electron chi connectivity index (χ2n) is 4.97. The molecule has 1 aliphatic heterocycles. The van der Waals surface area contributed by atoms with Gasteiger partial charge in [0.25, 0.3) is 0 Å². The summed E-state index contributed by atoms with van der Waals surface area (Å²) in [5.41, 5.74) is 0.873. The third-order valence-electron chi connectivity index (χ3n) is 3.08. The van der Waals surface area contributed by atoms with Crippen LogP contribution in [0.3, 0.4) is 0 Å². The molecule has 1 aromatic carbocycles. The lowest BCUT2D eigenvalue weighted by Gasteiger charge is -2.34. The molecule has 2 rings (SSSR count). The van der Waals surface area contributed by atoms with E-state index in [-0.39, 0.29) is 18.2 Å². The van der Waals surface area contributed by atoms with E-state index in [0.29, 0.717) is 18.1 Å². The lowest BCUT2D eigenvalue weighted by atomic mass is 10.2. The average molecular weight is 295 g/mol. The van der Waals surface area contributed by atoms with Gasteiger partial charge in [-0.1, -0.05) is 29.8 Å². The monoisotopic (exact) mass is 294 g/mol. The molecule has 108 valence electrons. The second-order valence-corrected chi connectivity index (χ2v) is 5.37. The molecule has 0 radical (unpaired) electrons. The summed E-state index contributed by atoms with van der Waals surface area (Å²) in [5, 5.41) is 3.42. The topological polar surface area (TPSA) is 41.6 Å². The normalized spacial score (nSPS) is 23.1. The van der Waals surface area contributed by atoms with Crippen LogP contribution in [0.25, 0.3) is 6.08 Å². The summed E-state index contributed by atoms with van der Waals surface area (Å²) in [6.07, 6.45) is 3.54. The predicted molar refractivity (Wildman–Crippen MR) is 80.6 cm³/mol. The Hall–Kier alpha value is -1.52. The first kappa shape index (κ1) is 14.9. The number of amides is 2. The Morgan fingerprint density at radius 1 is 1.35 bits per heavy atom. The van der Waals surface area contributed by atoms with Gasteiger partial charge in [-0.05, 0) is 31.6 Å². The molecule has 20 heavy (non-hydrogen) atoms. The van der Waals surface area contributed by atoms with Crippen molar-refractivity contribution >= 4 is 23.7 Å². The number of nitrogens with zero attached hydrogens (tertiary/aromatic N) is 1. The maximum atomic E-state index is 12.0. The Bertz CT molecular complexity index is 494. The molecule has 1 saturated heterocycles. The van der Waals surface area contributed by atoms with Crippen LogP contribution >= 0.6 is 11.6 Å². The van der Waals surface area contributed by atoms with E-state index in [1.165, 1.54) is 0 Å². The smallest absolute Gasteiger partial charge is 0.321 e. The molecule has 2 atom stereocenters. The SMILES string of the molecule is CC1CN(C(=O)N/C=C/c2ccccc2Cl)CC(C)O1. The molecule has 0 spiro atoms. The molecule has 1 aromatic rings. The van der Waals surface area contributed by atoms with Gasteiger partial charge in [-0.3, -0.25) is 0 Å². The van der Waals surface area contributed by atoms with Crippen molar-refractivity contribution in [3.8, 4) is 0 Å². The lowest BCUT2D eigenvalue weighted by molar-refractivity contribution is -0.0541. The molecule has 0 aliphatic carbocycles. The van der Waals surface area contributed by atoms with Gasteiger partial charge < -0.3 is 15.0 Å². The lowest BCUT2D eigenvalue weighted by Crippen LogP contribution is -2.50. The number of hydrogen-bond donors (Lipinski definition) is 1. The minimum atomic E-state index is -0.115. The molecule has 1 fully saturated rings. The van der Waals surface area contributed by atoms with Crippen molar-refractivity contribution in [3.63, 3.8) is 0 Å². The molecule has 1 aliphatic rings. The van der Waals surface area contributed by atoms with Crippen molar-refractivity contribution in [2.24, 2.45) is 0 Å². The Labute approximate surface area is 124 Å². The summed E-state index contributed by atoms with van der Waals surface area (Å²) in [6.45, 7) is 5.15. The number of urea groups is 1. The number of carbonyl (C=O) groups excluding carboxylic acids is 1. The minimum Gasteiger partial charge on any atom is -0.372 e. The molecule has 0 aromatic heterocycles. The first-order valence-electron chi connectivity index (χ1n) is 6.68. The van der Waals surface area contributed by atoms with E-state index in [2.05, 4.69) is 5.32 Å². The van der Waals surface area contributed by atoms with Gasteiger partial charge in [0.1, 0.15) is 0 Å². The van der Waals surface area contributed by atoms with Crippen molar-refractivity contribution in [2.45, 2.75) is 26.1 Å². The van der Waals surface area contributed by atoms with Crippen LogP contribution in [0.1, 0.15) is 19.4 Å². The largest absolute Gasteiger partial charge is 0.372 e. The molecule has 4 nitrogen and oxygen atoms in total. The molecule has 5 heteroatoms. The van der Waals surface area contributed by atoms with Crippen LogP contribution < -0.4 is 5.32 Å². The van der Waals surface area contributed by atoms with Gasteiger partial charge in [-0.2, -0.15) is 0 Å². The van der Waals surface area contributed by atoms with Crippen LogP contribution in [0.15, 0.2) is 30.5 Å². The zero-order valence-electron chi connectivity index (χ0n) is 11.7. The molecular weight excluding hydrogens is 276 g/mol. The van der Waals surface area contributed by atoms with E-state index in [0.717, 1.165) is 5.56 Å². The minimum absolute atomic E-state index is 0.0667. The first-order valence-corrected chi connectivity index (χ1v) is 7.06. The van der Waals surface area contributed by atoms with Gasteiger partial charge >= 0.3 is 6.03 Å². The number of nitrogens with one attached hydrogen (secondary N) is 1. The number of halogens is 1. The van der Waals surface area contributed by atoms with E-state index in [4.69, 9.17) is 16.3 Å². The predicted octanol–water partition coefficient (Wildman–Crippen LogP) is 3.13. The Kier molecular flexibility index (Phi) is 5.04. The summed E-state index contributed by atoms with van der Waals surface area (Å²) in [5.74, 6) is 0. The standard InChI is InChI=1S/C15H19ClN2O2/c1-11-9-18(10-12(2)20-11)15(19)17-8-7-13-5-3-4-6-14(13)16/h3-8,11-12H,9-10H2,1-2H3,(H,17,19)/b8-7+. The van der Waals surface area contributed by atoms with Gasteiger partial charge in [0.05, 0.1) is 12.2 Å². The number of ether oxygens (including phenoxy) is 1. The highest BCUT2D eigenvalue weighted by Crippen LogP contribution is 2.16. The first-order chi connectivity index (χ1) is 9.56. The molecule has 1 N–H and O–H groups in total. The Morgan fingerprint density at radius 3 is 2.65 bits per heavy atom. The van der Waals surface area contributed by atoms with E-state index < -0.39 is 0 Å². The summed E-state index contributed by atoms with van der Waals surface area (Å²) in [4.78, 5) is 13.8. The van der Waals surface area contributed by atoms with Crippen LogP contribution in [0.4, 0.5) is 4.79 Å². The zero-order chi connectivity index (χ0) is 14.5. The number of carbonyl (C=O) groups is 1. The fraction of sp³-hybridized carbons (Fsp3) is 0.400. The Morgan fingerprint density at radius 2 is 2.00 bits per heavy atom. The maximum absolute atomic E-state index is 12.0. The van der Waals surface area contributed by atoms with E-state index >= 15 is 0 Å². The van der Waals surface area contributed by atoms with Gasteiger partial charge in [0.15, 0.2) is 0 Å². The van der Waals surface area contributed by atoms with Crippen molar-refractivity contribution in [1.29, 1.82) is 0 Å². The van der Waals surface area contributed by atoms with Crippen molar-refractivity contribution in [2.75, 3.05) is 13.1 Å². The van der Waals surface area contributed by atoms with E-state index in [9.17, 15) is 4.79 Å². The Balaban J connectivity index is 1.90. The van der Waals surface area contributed by atoms with Crippen LogP contribution in [0, 0.1) is 0 Å². The van der Waals surface area contributed by atoms with Gasteiger partial charge in [0, 0.05) is 24.3 Å². The highest BCUT2D eigenvalue weighted by Gasteiger charge is 2.25. The highest BCUT2D eigenvalue weighted by atomic mass is 35.5. The van der Waals surface area contributed by atoms with Crippen molar-refractivity contribution < 1.29 is 9.53 Å². The fourth-order valence-electron chi connectivity index (χ4n) is 2.25. The quantitative estimate of drug-likeness (QED) is 0.910. The van der Waals surface area contributed by atoms with Crippen molar-refractivity contribution in [3.05, 3.63) is 41.1 Å². The van der Waals surface area contributed by atoms with E-state index in [1.54, 1.807) is 17.2 Å². The molecule has 1 heterocycles. The number of morpholine rings is 1. The van der Waals surface area contributed by atoms with E-state index in [1.807, 2.05) is 38.1 Å². The zero-order valence-corrected chi connectivity index (χ0v) is 12.4. The van der Waals surface area contributed by atoms with Crippen LogP contribution in [0.2, 0.25) is 5.02 Å². The second kappa shape index (κ2) is 6.77. The maximum Gasteiger partial charge on any atom is 0.321 e. The fourth-order valence-corrected chi connectivity index (χ4v) is 2.45. The molecule has 0 saturated carbocycles. The van der Waals surface area contributed by atoms with Gasteiger partial charge in [-0.25, -0.2) is 4.79 Å². The van der Waals surface area contributed by atoms with Gasteiger partial charge in [-0.15, -0.1) is 0 Å². The summed E-state index contributed by atoms with van der Waals surface area (Å²) in [7, 11) is 0. The van der Waals surface area contributed by atoms with Crippen molar-refractivity contribution in [1.82, 2.24) is 10.2 Å². The highest BCUT2D eigenvalue weighted by molar-refractivity contribution is 6.32. The third kappa shape index (κ3) is 3.99. The average Bonchev–Trinajstić information content (AvgIpc) is 2.39. The molecule has 0 bridgehead atoms. The van der Waals surface area contributed by atoms with Crippen LogP contribution in [-0.2, 0) is 4.74 Å². The van der Waals surface area contributed by atoms with Gasteiger partial charge in [0.2, 0.25) is 0 Å². The summed E-state index contributed by atoms with van der Waals surface area (Å²) < 4.78 is 5.60. The summed E-state index contributed by atoms with van der Waals surface area (Å²) >= 11 is 6.04. The molecule has 2 unspecified atom stereocenters. The summed E-state index contributed by atoms with van der Waals surface area (Å²) in [6, 6.07) is 7.36. The van der Waals surface area contributed by atoms with Crippen LogP contribution in [0.5, 0.6) is 0 Å². The van der Waals surface area contributed by atoms with Crippen LogP contribution in [-0.4, -0.2) is 36.2 Å². The number of hydrogen-bond acceptors (Lipinski definition) is 2.